The van der Waals surface area contributed by atoms with Gasteiger partial charge in [-0.1, -0.05) is 40.9 Å². The molecule has 1 fully saturated rings. The summed E-state index contributed by atoms with van der Waals surface area (Å²) in [5, 5.41) is 4.06. The van der Waals surface area contributed by atoms with Crippen LogP contribution < -0.4 is 10.1 Å². The van der Waals surface area contributed by atoms with Crippen LogP contribution >= 0.6 is 15.9 Å². The monoisotopic (exact) mass is 339 g/mol. The smallest absolute Gasteiger partial charge is 0.224 e. The van der Waals surface area contributed by atoms with E-state index in [4.69, 9.17) is 4.74 Å². The molecule has 0 heterocycles. The number of nitrogens with one attached hydrogen (secondary N) is 1. The van der Waals surface area contributed by atoms with Gasteiger partial charge in [-0.2, -0.15) is 0 Å². The first-order valence-electron chi connectivity index (χ1n) is 7.13. The second-order valence-corrected chi connectivity index (χ2v) is 6.21. The number of hydrogen-bond acceptors (Lipinski definition) is 2. The van der Waals surface area contributed by atoms with Gasteiger partial charge in [0.05, 0.1) is 13.5 Å². The number of methoxy groups -OCH3 is 1. The average Bonchev–Trinajstić information content (AvgIpc) is 2.95. The molecule has 110 valence electrons. The Labute approximate surface area is 129 Å². The minimum Gasteiger partial charge on any atom is -0.497 e. The third-order valence-corrected chi connectivity index (χ3v) is 5.30. The molecule has 0 bridgehead atoms. The van der Waals surface area contributed by atoms with Crippen molar-refractivity contribution in [3.05, 3.63) is 29.8 Å². The number of carbonyl (C=O) groups excluding carboxylic acids is 1. The molecule has 0 unspecified atom stereocenters. The van der Waals surface area contributed by atoms with Crippen molar-refractivity contribution in [3.8, 4) is 5.75 Å². The molecule has 4 heteroatoms. The van der Waals surface area contributed by atoms with Gasteiger partial charge in [-0.05, 0) is 36.0 Å². The molecule has 20 heavy (non-hydrogen) atoms. The van der Waals surface area contributed by atoms with Crippen LogP contribution in [0.15, 0.2) is 24.3 Å². The van der Waals surface area contributed by atoms with Gasteiger partial charge in [-0.25, -0.2) is 0 Å². The van der Waals surface area contributed by atoms with Crippen molar-refractivity contribution in [1.29, 1.82) is 0 Å². The van der Waals surface area contributed by atoms with Crippen molar-refractivity contribution in [3.63, 3.8) is 0 Å². The van der Waals surface area contributed by atoms with E-state index >= 15 is 0 Å². The molecular weight excluding hydrogens is 318 g/mol. The van der Waals surface area contributed by atoms with E-state index in [1.807, 2.05) is 24.3 Å². The van der Waals surface area contributed by atoms with Gasteiger partial charge in [-0.15, -0.1) is 0 Å². The van der Waals surface area contributed by atoms with Crippen LogP contribution in [0.2, 0.25) is 0 Å². The number of carbonyl (C=O) groups is 1. The molecule has 1 N–H and O–H groups in total. The third-order valence-electron chi connectivity index (χ3n) is 4.11. The summed E-state index contributed by atoms with van der Waals surface area (Å²) in [6.45, 7) is 0.779. The normalized spacial score (nSPS) is 16.9. The van der Waals surface area contributed by atoms with E-state index in [9.17, 15) is 4.79 Å². The van der Waals surface area contributed by atoms with Gasteiger partial charge >= 0.3 is 0 Å². The van der Waals surface area contributed by atoms with Crippen molar-refractivity contribution in [2.45, 2.75) is 32.1 Å². The molecular formula is C16H22BrNO2. The van der Waals surface area contributed by atoms with Crippen LogP contribution in [0.5, 0.6) is 5.75 Å². The fraction of sp³-hybridized carbons (Fsp3) is 0.562. The van der Waals surface area contributed by atoms with Crippen LogP contribution in [0.3, 0.4) is 0 Å². The fourth-order valence-corrected chi connectivity index (χ4v) is 3.56. The van der Waals surface area contributed by atoms with Crippen molar-refractivity contribution in [1.82, 2.24) is 5.32 Å². The Bertz CT molecular complexity index is 456. The van der Waals surface area contributed by atoms with Crippen molar-refractivity contribution >= 4 is 21.8 Å². The van der Waals surface area contributed by atoms with Crippen molar-refractivity contribution in [2.75, 3.05) is 19.0 Å². The maximum Gasteiger partial charge on any atom is 0.224 e. The largest absolute Gasteiger partial charge is 0.497 e. The number of amides is 1. The Hall–Kier alpha value is -1.03. The van der Waals surface area contributed by atoms with E-state index in [0.717, 1.165) is 23.2 Å². The highest BCUT2D eigenvalue weighted by atomic mass is 79.9. The summed E-state index contributed by atoms with van der Waals surface area (Å²) in [6.07, 6.45) is 5.37. The molecule has 3 nitrogen and oxygen atoms in total. The fourth-order valence-electron chi connectivity index (χ4n) is 2.80. The van der Waals surface area contributed by atoms with Crippen LogP contribution in [0, 0.1) is 5.41 Å². The summed E-state index contributed by atoms with van der Waals surface area (Å²) in [4.78, 5) is 12.1. The minimum absolute atomic E-state index is 0.0884. The maximum atomic E-state index is 12.1. The number of ether oxygens (including phenoxy) is 1. The molecule has 1 aliphatic rings. The summed E-state index contributed by atoms with van der Waals surface area (Å²) in [5.41, 5.74) is 1.26. The predicted octanol–water partition coefficient (Wildman–Crippen LogP) is 3.31. The SMILES string of the molecule is COc1cccc(CC(=O)NCC2(CBr)CCCC2)c1. The lowest BCUT2D eigenvalue weighted by atomic mass is 9.89. The third kappa shape index (κ3) is 3.98. The number of benzene rings is 1. The summed E-state index contributed by atoms with van der Waals surface area (Å²) < 4.78 is 5.17. The number of rotatable bonds is 6. The highest BCUT2D eigenvalue weighted by Crippen LogP contribution is 2.38. The highest BCUT2D eigenvalue weighted by Gasteiger charge is 2.32. The first-order valence-corrected chi connectivity index (χ1v) is 8.25. The van der Waals surface area contributed by atoms with Crippen LogP contribution in [0.25, 0.3) is 0 Å². The van der Waals surface area contributed by atoms with Gasteiger partial charge in [-0.3, -0.25) is 4.79 Å². The molecule has 1 aliphatic carbocycles. The lowest BCUT2D eigenvalue weighted by Crippen LogP contribution is -2.37. The van der Waals surface area contributed by atoms with Crippen molar-refractivity contribution < 1.29 is 9.53 Å². The van der Waals surface area contributed by atoms with Gasteiger partial charge in [0.25, 0.3) is 0 Å². The number of alkyl halides is 1. The van der Waals surface area contributed by atoms with Gasteiger partial charge in [0.1, 0.15) is 5.75 Å². The topological polar surface area (TPSA) is 38.3 Å². The molecule has 2 rings (SSSR count). The molecule has 1 amide bonds. The minimum atomic E-state index is 0.0884. The summed E-state index contributed by atoms with van der Waals surface area (Å²) in [6, 6.07) is 7.67. The molecule has 0 spiro atoms. The van der Waals surface area contributed by atoms with Crippen LogP contribution in [0.4, 0.5) is 0 Å². The zero-order chi connectivity index (χ0) is 14.4. The zero-order valence-electron chi connectivity index (χ0n) is 12.0. The summed E-state index contributed by atoms with van der Waals surface area (Å²) in [5.74, 6) is 0.883. The van der Waals surface area contributed by atoms with Gasteiger partial charge in [0.15, 0.2) is 0 Å². The van der Waals surface area contributed by atoms with Crippen LogP contribution in [-0.4, -0.2) is 24.9 Å². The van der Waals surface area contributed by atoms with Crippen molar-refractivity contribution in [2.24, 2.45) is 5.41 Å². The van der Waals surface area contributed by atoms with E-state index in [-0.39, 0.29) is 11.3 Å². The zero-order valence-corrected chi connectivity index (χ0v) is 13.5. The molecule has 0 saturated heterocycles. The highest BCUT2D eigenvalue weighted by molar-refractivity contribution is 9.09. The lowest BCUT2D eigenvalue weighted by molar-refractivity contribution is -0.120. The number of hydrogen-bond donors (Lipinski definition) is 1. The Balaban J connectivity index is 1.85. The van der Waals surface area contributed by atoms with E-state index in [2.05, 4.69) is 21.2 Å². The van der Waals surface area contributed by atoms with Gasteiger partial charge < -0.3 is 10.1 Å². The molecule has 1 aromatic rings. The maximum absolute atomic E-state index is 12.1. The molecule has 0 radical (unpaired) electrons. The molecule has 0 aliphatic heterocycles. The van der Waals surface area contributed by atoms with Crippen LogP contribution in [-0.2, 0) is 11.2 Å². The first kappa shape index (κ1) is 15.4. The van der Waals surface area contributed by atoms with E-state index < -0.39 is 0 Å². The van der Waals surface area contributed by atoms with Gasteiger partial charge in [0.2, 0.25) is 5.91 Å². The van der Waals surface area contributed by atoms with Gasteiger partial charge in [0, 0.05) is 11.9 Å². The Morgan fingerprint density at radius 1 is 1.40 bits per heavy atom. The second kappa shape index (κ2) is 7.11. The quantitative estimate of drug-likeness (QED) is 0.807. The van der Waals surface area contributed by atoms with E-state index in [1.54, 1.807) is 7.11 Å². The van der Waals surface area contributed by atoms with E-state index in [0.29, 0.717) is 6.42 Å². The predicted molar refractivity (Wildman–Crippen MR) is 84.4 cm³/mol. The summed E-state index contributed by atoms with van der Waals surface area (Å²) >= 11 is 3.60. The Kier molecular flexibility index (Phi) is 5.46. The summed E-state index contributed by atoms with van der Waals surface area (Å²) in [7, 11) is 1.64. The molecule has 0 atom stereocenters. The second-order valence-electron chi connectivity index (χ2n) is 5.65. The average molecular weight is 340 g/mol. The molecule has 1 saturated carbocycles. The van der Waals surface area contributed by atoms with Crippen LogP contribution in [0.1, 0.15) is 31.2 Å². The Morgan fingerprint density at radius 3 is 2.80 bits per heavy atom. The molecule has 1 aromatic carbocycles. The molecule has 0 aromatic heterocycles. The first-order chi connectivity index (χ1) is 9.67. The van der Waals surface area contributed by atoms with E-state index in [1.165, 1.54) is 25.7 Å². The number of halogens is 1. The Morgan fingerprint density at radius 2 is 2.15 bits per heavy atom. The standard InChI is InChI=1S/C16H22BrNO2/c1-20-14-6-4-5-13(9-14)10-15(19)18-12-16(11-17)7-2-3-8-16/h4-6,9H,2-3,7-8,10-12H2,1H3,(H,18,19). The lowest BCUT2D eigenvalue weighted by Gasteiger charge is -2.26.